The summed E-state index contributed by atoms with van der Waals surface area (Å²) in [7, 11) is -0.461. The third-order valence-corrected chi connectivity index (χ3v) is 14.9. The first-order valence-corrected chi connectivity index (χ1v) is 15.6. The Morgan fingerprint density at radius 2 is 1.52 bits per heavy atom. The van der Waals surface area contributed by atoms with Crippen molar-refractivity contribution in [1.29, 1.82) is 0 Å². The van der Waals surface area contributed by atoms with Gasteiger partial charge in [-0.25, -0.2) is 0 Å². The van der Waals surface area contributed by atoms with Crippen LogP contribution in [0.25, 0.3) is 0 Å². The molecule has 0 saturated carbocycles. The molecule has 3 heteroatoms. The van der Waals surface area contributed by atoms with Crippen molar-refractivity contribution in [2.45, 2.75) is 76.4 Å². The van der Waals surface area contributed by atoms with Gasteiger partial charge in [-0.3, -0.25) is 0 Å². The van der Waals surface area contributed by atoms with Gasteiger partial charge in [0, 0.05) is 0 Å². The second kappa shape index (κ2) is 6.96. The molecule has 138 valence electrons. The van der Waals surface area contributed by atoms with Crippen molar-refractivity contribution in [1.82, 2.24) is 3.80 Å². The first-order chi connectivity index (χ1) is 11.3. The number of hydrogen-bond acceptors (Lipinski definition) is 1. The van der Waals surface area contributed by atoms with Gasteiger partial charge >= 0.3 is 162 Å². The van der Waals surface area contributed by atoms with E-state index in [4.69, 9.17) is 0 Å². The van der Waals surface area contributed by atoms with Gasteiger partial charge in [0.15, 0.2) is 0 Å². The van der Waals surface area contributed by atoms with E-state index in [0.29, 0.717) is 0 Å². The van der Waals surface area contributed by atoms with E-state index < -0.39 is 26.4 Å². The van der Waals surface area contributed by atoms with Crippen molar-refractivity contribution in [3.8, 4) is 0 Å². The van der Waals surface area contributed by atoms with E-state index in [1.165, 1.54) is 5.56 Å². The first kappa shape index (κ1) is 20.9. The summed E-state index contributed by atoms with van der Waals surface area (Å²) in [6.07, 6.45) is 0. The third kappa shape index (κ3) is 4.13. The van der Waals surface area contributed by atoms with Crippen LogP contribution in [0.2, 0.25) is 15.5 Å². The van der Waals surface area contributed by atoms with E-state index in [2.05, 4.69) is 93.9 Å². The molecule has 0 radical (unpaired) electrons. The van der Waals surface area contributed by atoms with E-state index in [1.807, 2.05) is 0 Å². The molecule has 1 aliphatic carbocycles. The Morgan fingerprint density at radius 3 is 2.04 bits per heavy atom. The number of nitrogens with one attached hydrogen (secondary N) is 1. The SMILES string of the molecule is CC1=C(C)C(C)([SiH2]c2ccccc2C)[C]([Ti]([CH3])([CH3])[NH]C(C)(C)C)=C1C. The second-order valence-electron chi connectivity index (χ2n) is 9.69. The molecule has 0 amide bonds. The summed E-state index contributed by atoms with van der Waals surface area (Å²) in [5, 5.41) is 7.02. The van der Waals surface area contributed by atoms with Crippen LogP contribution >= 0.6 is 0 Å². The fraction of sp³-hybridized carbons (Fsp3) is 0.545. The van der Waals surface area contributed by atoms with Crippen LogP contribution in [0, 0.1) is 6.92 Å². The molecule has 0 spiro atoms. The van der Waals surface area contributed by atoms with Crippen molar-refractivity contribution in [2.75, 3.05) is 0 Å². The van der Waals surface area contributed by atoms with E-state index >= 15 is 0 Å². The molecule has 0 aromatic heterocycles. The summed E-state index contributed by atoms with van der Waals surface area (Å²) in [4.78, 5) is 0. The summed E-state index contributed by atoms with van der Waals surface area (Å²) in [5.74, 6) is 0. The zero-order chi connectivity index (χ0) is 19.2. The Labute approximate surface area is 161 Å². The Morgan fingerprint density at radius 1 is 0.960 bits per heavy atom. The monoisotopic (exact) mass is 391 g/mol. The van der Waals surface area contributed by atoms with Crippen LogP contribution in [-0.2, 0) is 16.8 Å². The normalized spacial score (nSPS) is 22.6. The van der Waals surface area contributed by atoms with Crippen molar-refractivity contribution < 1.29 is 16.8 Å². The first-order valence-electron chi connectivity index (χ1n) is 9.53. The van der Waals surface area contributed by atoms with Gasteiger partial charge in [-0.1, -0.05) is 0 Å². The average molecular weight is 391 g/mol. The van der Waals surface area contributed by atoms with Crippen molar-refractivity contribution in [3.63, 3.8) is 0 Å². The Balaban J connectivity index is 2.55. The second-order valence-corrected chi connectivity index (χ2v) is 18.5. The topological polar surface area (TPSA) is 12.0 Å². The van der Waals surface area contributed by atoms with Crippen LogP contribution in [0.1, 0.15) is 54.0 Å². The van der Waals surface area contributed by atoms with Crippen LogP contribution in [0.4, 0.5) is 0 Å². The summed E-state index contributed by atoms with van der Waals surface area (Å²) < 4.78 is 5.89. The van der Waals surface area contributed by atoms with Crippen LogP contribution in [0.15, 0.2) is 44.9 Å². The molecule has 0 aliphatic heterocycles. The van der Waals surface area contributed by atoms with Crippen molar-refractivity contribution >= 4 is 14.7 Å². The van der Waals surface area contributed by atoms with Gasteiger partial charge in [-0.2, -0.15) is 0 Å². The molecule has 0 fully saturated rings. The molecule has 1 aliphatic rings. The van der Waals surface area contributed by atoms with E-state index in [9.17, 15) is 0 Å². The van der Waals surface area contributed by atoms with Crippen molar-refractivity contribution in [3.05, 3.63) is 50.4 Å². The average Bonchev–Trinajstić information content (AvgIpc) is 2.60. The standard InChI is InChI=1S/C16H21Si.C4H10N.2CH3.Ti/c1-11-8-6-7-9-15(11)17-16(5)10-12(2)13(3)14(16)4;1-4(2,3)5;;;/h6-9H,17H2,1-5H3;5H,1-3H3;2*1H3;/q;-1;;;+1. The maximum atomic E-state index is 4.09. The number of benzene rings is 1. The van der Waals surface area contributed by atoms with Gasteiger partial charge in [0.2, 0.25) is 0 Å². The number of aryl methyl sites for hydroxylation is 1. The summed E-state index contributed by atoms with van der Waals surface area (Å²) in [6, 6.07) is 9.04. The molecule has 1 unspecified atom stereocenters. The molecule has 1 atom stereocenters. The van der Waals surface area contributed by atoms with Crippen LogP contribution in [0.5, 0.6) is 0 Å². The summed E-state index contributed by atoms with van der Waals surface area (Å²) in [6.45, 7) is 18.9. The molecule has 1 nitrogen and oxygen atoms in total. The Bertz CT molecular complexity index is 737. The molecular weight excluding hydrogens is 354 g/mol. The van der Waals surface area contributed by atoms with E-state index in [1.54, 1.807) is 25.8 Å². The van der Waals surface area contributed by atoms with Crippen LogP contribution < -0.4 is 8.99 Å². The molecule has 1 aromatic rings. The molecule has 1 aromatic carbocycles. The fourth-order valence-corrected chi connectivity index (χ4v) is 17.0. The van der Waals surface area contributed by atoms with Gasteiger partial charge in [-0.05, 0) is 0 Å². The molecule has 2 rings (SSSR count). The zero-order valence-electron chi connectivity index (χ0n) is 18.0. The molecule has 1 N–H and O–H groups in total. The Kier molecular flexibility index (Phi) is 5.82. The van der Waals surface area contributed by atoms with Gasteiger partial charge in [0.25, 0.3) is 0 Å². The number of allylic oxidation sites excluding steroid dienone is 4. The quantitative estimate of drug-likeness (QED) is 0.701. The van der Waals surface area contributed by atoms with Gasteiger partial charge < -0.3 is 0 Å². The molecular formula is C22H37NSiTi. The summed E-state index contributed by atoms with van der Waals surface area (Å²) >= 11 is -2.34. The van der Waals surface area contributed by atoms with Gasteiger partial charge in [0.1, 0.15) is 0 Å². The summed E-state index contributed by atoms with van der Waals surface area (Å²) in [5.41, 5.74) is 6.41. The van der Waals surface area contributed by atoms with Crippen LogP contribution in [0.3, 0.4) is 0 Å². The van der Waals surface area contributed by atoms with Gasteiger partial charge in [0.05, 0.1) is 0 Å². The molecule has 0 bridgehead atoms. The number of rotatable bonds is 4. The fourth-order valence-electron chi connectivity index (χ4n) is 5.05. The van der Waals surface area contributed by atoms with E-state index in [-0.39, 0.29) is 10.6 Å². The molecule has 25 heavy (non-hydrogen) atoms. The van der Waals surface area contributed by atoms with Gasteiger partial charge in [-0.15, -0.1) is 0 Å². The minimum atomic E-state index is -2.34. The number of hydrogen-bond donors (Lipinski definition) is 1. The predicted octanol–water partition coefficient (Wildman–Crippen LogP) is 5.14. The Hall–Kier alpha value is -0.409. The predicted molar refractivity (Wildman–Crippen MR) is 113 cm³/mol. The zero-order valence-corrected chi connectivity index (χ0v) is 21.0. The van der Waals surface area contributed by atoms with Crippen LogP contribution in [-0.4, -0.2) is 15.1 Å². The molecule has 0 heterocycles. The minimum absolute atomic E-state index is 0.173. The maximum absolute atomic E-state index is 4.09. The third-order valence-electron chi connectivity index (χ3n) is 6.00. The molecule has 0 saturated heterocycles. The van der Waals surface area contributed by atoms with Crippen molar-refractivity contribution in [2.24, 2.45) is 0 Å². The van der Waals surface area contributed by atoms with E-state index in [0.717, 1.165) is 0 Å².